The third kappa shape index (κ3) is 8.79. The molecule has 0 saturated carbocycles. The van der Waals surface area contributed by atoms with Gasteiger partial charge in [-0.2, -0.15) is 0 Å². The van der Waals surface area contributed by atoms with Crippen LogP contribution in [0.4, 0.5) is 0 Å². The number of likely N-dealkylation sites (N-methyl/N-ethyl adjacent to an activating group) is 1. The van der Waals surface area contributed by atoms with Gasteiger partial charge in [-0.25, -0.2) is 13.2 Å². The number of morpholine rings is 1. The summed E-state index contributed by atoms with van der Waals surface area (Å²) in [5.74, 6) is -0.346. The van der Waals surface area contributed by atoms with Crippen molar-refractivity contribution in [3.8, 4) is 0 Å². The second-order valence-electron chi connectivity index (χ2n) is 4.80. The molecule has 21 heavy (non-hydrogen) atoms. The highest BCUT2D eigenvalue weighted by atomic mass is 32.3. The van der Waals surface area contributed by atoms with Crippen LogP contribution in [-0.2, 0) is 28.9 Å². The van der Waals surface area contributed by atoms with Crippen LogP contribution >= 0.6 is 0 Å². The maximum atomic E-state index is 10.9. The van der Waals surface area contributed by atoms with Crippen LogP contribution in [0.1, 0.15) is 6.92 Å². The van der Waals surface area contributed by atoms with Gasteiger partial charge in [0.2, 0.25) is 10.4 Å². The van der Waals surface area contributed by atoms with Crippen molar-refractivity contribution in [2.75, 3.05) is 47.1 Å². The lowest BCUT2D eigenvalue weighted by molar-refractivity contribution is -0.938. The molecule has 1 aliphatic rings. The number of nitrogens with zero attached hydrogens (tertiary/aromatic N) is 1. The first-order chi connectivity index (χ1) is 9.64. The van der Waals surface area contributed by atoms with E-state index in [0.717, 1.165) is 37.9 Å². The Bertz CT molecular complexity index is 429. The molecule has 8 nitrogen and oxygen atoms in total. The van der Waals surface area contributed by atoms with Crippen molar-refractivity contribution >= 4 is 16.4 Å². The Labute approximate surface area is 125 Å². The molecular weight excluding hydrogens is 302 g/mol. The number of esters is 1. The number of hydrogen-bond donors (Lipinski definition) is 0. The van der Waals surface area contributed by atoms with Crippen LogP contribution in [0.2, 0.25) is 0 Å². The SMILES string of the molecule is C=CC(=O)OCC(C)[N+]1(C)CCOCC1.COS(=O)(=O)[O-]. The largest absolute Gasteiger partial charge is 0.726 e. The van der Waals surface area contributed by atoms with E-state index >= 15 is 0 Å². The Morgan fingerprint density at radius 3 is 2.33 bits per heavy atom. The van der Waals surface area contributed by atoms with E-state index in [1.54, 1.807) is 0 Å². The van der Waals surface area contributed by atoms with Gasteiger partial charge in [0.05, 0.1) is 27.4 Å². The molecule has 0 N–H and O–H groups in total. The monoisotopic (exact) mass is 325 g/mol. The normalized spacial score (nSPS) is 18.9. The van der Waals surface area contributed by atoms with E-state index in [9.17, 15) is 17.8 Å². The topological polar surface area (TPSA) is 102 Å². The molecule has 0 aromatic carbocycles. The van der Waals surface area contributed by atoms with Gasteiger partial charge in [0.1, 0.15) is 25.7 Å². The molecule has 0 bridgehead atoms. The molecule has 1 rings (SSSR count). The molecule has 0 aromatic rings. The van der Waals surface area contributed by atoms with Crippen LogP contribution in [0.5, 0.6) is 0 Å². The lowest BCUT2D eigenvalue weighted by Crippen LogP contribution is -2.58. The van der Waals surface area contributed by atoms with Crippen LogP contribution in [-0.4, -0.2) is 76.5 Å². The fourth-order valence-electron chi connectivity index (χ4n) is 1.64. The Morgan fingerprint density at radius 2 is 1.95 bits per heavy atom. The molecule has 1 fully saturated rings. The minimum absolute atomic E-state index is 0.304. The second-order valence-corrected chi connectivity index (χ2v) is 5.95. The summed E-state index contributed by atoms with van der Waals surface area (Å²) >= 11 is 0. The molecule has 0 amide bonds. The van der Waals surface area contributed by atoms with Gasteiger partial charge < -0.3 is 18.5 Å². The van der Waals surface area contributed by atoms with E-state index in [4.69, 9.17) is 9.47 Å². The first-order valence-corrected chi connectivity index (χ1v) is 7.70. The Balaban J connectivity index is 0.000000567. The fourth-order valence-corrected chi connectivity index (χ4v) is 1.64. The van der Waals surface area contributed by atoms with E-state index in [2.05, 4.69) is 24.7 Å². The Hall–Kier alpha value is -1.00. The summed E-state index contributed by atoms with van der Waals surface area (Å²) in [4.78, 5) is 10.9. The molecule has 1 unspecified atom stereocenters. The van der Waals surface area contributed by atoms with Gasteiger partial charge in [-0.15, -0.1) is 0 Å². The highest BCUT2D eigenvalue weighted by molar-refractivity contribution is 7.80. The summed E-state index contributed by atoms with van der Waals surface area (Å²) in [5.41, 5.74) is 0. The number of carbonyl (C=O) groups excluding carboxylic acids is 1. The van der Waals surface area contributed by atoms with Crippen molar-refractivity contribution < 1.29 is 35.9 Å². The summed E-state index contributed by atoms with van der Waals surface area (Å²) in [6.45, 7) is 9.45. The predicted molar refractivity (Wildman–Crippen MR) is 74.1 cm³/mol. The maximum Gasteiger partial charge on any atom is 0.330 e. The number of hydrogen-bond acceptors (Lipinski definition) is 7. The van der Waals surface area contributed by atoms with Crippen LogP contribution in [0, 0.1) is 0 Å². The summed E-state index contributed by atoms with van der Waals surface area (Å²) in [6, 6.07) is 0.304. The summed E-state index contributed by atoms with van der Waals surface area (Å²) < 4.78 is 42.3. The molecule has 1 saturated heterocycles. The highest BCUT2D eigenvalue weighted by Crippen LogP contribution is 2.13. The molecular formula is C12H23NO7S. The van der Waals surface area contributed by atoms with E-state index < -0.39 is 10.4 Å². The van der Waals surface area contributed by atoms with Crippen LogP contribution in [0.25, 0.3) is 0 Å². The van der Waals surface area contributed by atoms with E-state index in [-0.39, 0.29) is 5.97 Å². The van der Waals surface area contributed by atoms with Crippen molar-refractivity contribution in [2.24, 2.45) is 0 Å². The fraction of sp³-hybridized carbons (Fsp3) is 0.750. The van der Waals surface area contributed by atoms with Crippen LogP contribution < -0.4 is 0 Å². The lowest BCUT2D eigenvalue weighted by Gasteiger charge is -2.42. The third-order valence-electron chi connectivity index (χ3n) is 3.39. The van der Waals surface area contributed by atoms with Gasteiger partial charge in [-0.05, 0) is 6.92 Å². The van der Waals surface area contributed by atoms with Crippen molar-refractivity contribution in [3.05, 3.63) is 12.7 Å². The summed E-state index contributed by atoms with van der Waals surface area (Å²) in [6.07, 6.45) is 1.20. The van der Waals surface area contributed by atoms with Crippen molar-refractivity contribution in [1.82, 2.24) is 0 Å². The average molecular weight is 325 g/mol. The Kier molecular flexibility index (Phi) is 8.67. The number of quaternary nitrogens is 1. The average Bonchev–Trinajstić information content (AvgIpc) is 2.45. The predicted octanol–water partition coefficient (Wildman–Crippen LogP) is -0.326. The van der Waals surface area contributed by atoms with Gasteiger partial charge in [-0.1, -0.05) is 6.58 Å². The number of carbonyl (C=O) groups is 1. The first kappa shape index (κ1) is 20.0. The summed E-state index contributed by atoms with van der Waals surface area (Å²) in [7, 11) is -1.43. The quantitative estimate of drug-likeness (QED) is 0.224. The number of ether oxygens (including phenoxy) is 2. The smallest absolute Gasteiger partial charge is 0.330 e. The lowest BCUT2D eigenvalue weighted by atomic mass is 10.2. The van der Waals surface area contributed by atoms with Crippen LogP contribution in [0.3, 0.4) is 0 Å². The van der Waals surface area contributed by atoms with Gasteiger partial charge in [-0.3, -0.25) is 4.18 Å². The third-order valence-corrected chi connectivity index (χ3v) is 3.80. The van der Waals surface area contributed by atoms with E-state index in [1.165, 1.54) is 6.08 Å². The van der Waals surface area contributed by atoms with Gasteiger partial charge in [0, 0.05) is 6.08 Å². The standard InChI is InChI=1S/C11H20NO3.CH4O4S/c1-4-11(13)15-9-10(2)12(3)5-7-14-8-6-12;1-5-6(2,3)4/h4,10H,1,5-9H2,2-3H3;1H3,(H,2,3,4)/q+1;/p-1. The molecule has 0 radical (unpaired) electrons. The highest BCUT2D eigenvalue weighted by Gasteiger charge is 2.32. The molecule has 0 aliphatic carbocycles. The minimum atomic E-state index is -4.41. The zero-order chi connectivity index (χ0) is 16.5. The first-order valence-electron chi connectivity index (χ1n) is 6.37. The molecule has 0 aromatic heterocycles. The summed E-state index contributed by atoms with van der Waals surface area (Å²) in [5, 5.41) is 0. The number of rotatable bonds is 5. The molecule has 0 spiro atoms. The van der Waals surface area contributed by atoms with Gasteiger partial charge >= 0.3 is 5.97 Å². The molecule has 9 heteroatoms. The minimum Gasteiger partial charge on any atom is -0.726 e. The van der Waals surface area contributed by atoms with E-state index in [0.29, 0.717) is 12.6 Å². The van der Waals surface area contributed by atoms with Crippen LogP contribution in [0.15, 0.2) is 12.7 Å². The van der Waals surface area contributed by atoms with Gasteiger partial charge in [0.15, 0.2) is 0 Å². The van der Waals surface area contributed by atoms with E-state index in [1.807, 2.05) is 0 Å². The van der Waals surface area contributed by atoms with Gasteiger partial charge in [0.25, 0.3) is 0 Å². The maximum absolute atomic E-state index is 10.9. The zero-order valence-electron chi connectivity index (χ0n) is 12.6. The van der Waals surface area contributed by atoms with Crippen molar-refractivity contribution in [3.63, 3.8) is 0 Å². The zero-order valence-corrected chi connectivity index (χ0v) is 13.4. The molecule has 1 aliphatic heterocycles. The molecule has 1 atom stereocenters. The second kappa shape index (κ2) is 9.11. The Morgan fingerprint density at radius 1 is 1.48 bits per heavy atom. The molecule has 124 valence electrons. The molecule has 1 heterocycles. The van der Waals surface area contributed by atoms with Crippen molar-refractivity contribution in [1.29, 1.82) is 0 Å². The van der Waals surface area contributed by atoms with Crippen molar-refractivity contribution in [2.45, 2.75) is 13.0 Å².